The maximum Gasteiger partial charge on any atom is 0.263 e. The van der Waals surface area contributed by atoms with Crippen LogP contribution >= 0.6 is 0 Å². The summed E-state index contributed by atoms with van der Waals surface area (Å²) in [7, 11) is 0. The second-order valence-corrected chi connectivity index (χ2v) is 7.97. The molecule has 0 aliphatic carbocycles. The van der Waals surface area contributed by atoms with Gasteiger partial charge in [0.25, 0.3) is 11.5 Å². The molecule has 4 rings (SSSR count). The standard InChI is InChI=1S/C22H25FN4O4/c1-13(31-16-6-3-5-15(23)11-16)22(30)27-9-4-7-19(27)20-24-18-12-26(14(2)28)10-8-17(18)21(29)25-20/h3,5-6,11,13,19H,4,7-10,12H2,1-2H3,(H,24,25,29)/t13-,19+/m1/s1. The van der Waals surface area contributed by atoms with Gasteiger partial charge in [0.05, 0.1) is 18.3 Å². The summed E-state index contributed by atoms with van der Waals surface area (Å²) in [6, 6.07) is 5.27. The Morgan fingerprint density at radius 2 is 2.13 bits per heavy atom. The highest BCUT2D eigenvalue weighted by Gasteiger charge is 2.35. The second-order valence-electron chi connectivity index (χ2n) is 7.97. The Morgan fingerprint density at radius 3 is 2.87 bits per heavy atom. The van der Waals surface area contributed by atoms with Crippen LogP contribution in [0, 0.1) is 5.82 Å². The first kappa shape index (κ1) is 21.0. The molecule has 2 atom stereocenters. The zero-order valence-corrected chi connectivity index (χ0v) is 17.6. The van der Waals surface area contributed by atoms with E-state index in [0.717, 1.165) is 6.42 Å². The molecular weight excluding hydrogens is 403 g/mol. The number of ether oxygens (including phenoxy) is 1. The van der Waals surface area contributed by atoms with Crippen LogP contribution in [0.25, 0.3) is 0 Å². The van der Waals surface area contributed by atoms with Gasteiger partial charge in [-0.2, -0.15) is 0 Å². The minimum Gasteiger partial charge on any atom is -0.481 e. The van der Waals surface area contributed by atoms with Gasteiger partial charge in [0.2, 0.25) is 5.91 Å². The van der Waals surface area contributed by atoms with Crippen molar-refractivity contribution in [2.75, 3.05) is 13.1 Å². The average Bonchev–Trinajstić information content (AvgIpc) is 3.22. The summed E-state index contributed by atoms with van der Waals surface area (Å²) in [6.45, 7) is 4.42. The number of amides is 2. The number of benzene rings is 1. The van der Waals surface area contributed by atoms with Crippen LogP contribution in [-0.2, 0) is 22.6 Å². The second kappa shape index (κ2) is 8.49. The van der Waals surface area contributed by atoms with Crippen LogP contribution < -0.4 is 10.3 Å². The van der Waals surface area contributed by atoms with Gasteiger partial charge >= 0.3 is 0 Å². The number of rotatable bonds is 4. The molecule has 1 aromatic heterocycles. The third-order valence-corrected chi connectivity index (χ3v) is 5.85. The smallest absolute Gasteiger partial charge is 0.263 e. The van der Waals surface area contributed by atoms with Gasteiger partial charge in [-0.25, -0.2) is 9.37 Å². The van der Waals surface area contributed by atoms with Crippen LogP contribution in [0.15, 0.2) is 29.1 Å². The van der Waals surface area contributed by atoms with Gasteiger partial charge in [-0.15, -0.1) is 0 Å². The molecule has 2 aliphatic rings. The molecule has 31 heavy (non-hydrogen) atoms. The summed E-state index contributed by atoms with van der Waals surface area (Å²) in [5.74, 6) is -0.0430. The Bertz CT molecular complexity index is 1070. The van der Waals surface area contributed by atoms with Crippen molar-refractivity contribution in [2.45, 2.75) is 51.8 Å². The highest BCUT2D eigenvalue weighted by atomic mass is 19.1. The maximum absolute atomic E-state index is 13.4. The van der Waals surface area contributed by atoms with E-state index in [1.54, 1.807) is 22.8 Å². The number of hydrogen-bond acceptors (Lipinski definition) is 5. The SMILES string of the molecule is CC(=O)N1CCc2c(nc([C@@H]3CCCN3C(=O)[C@@H](C)Oc3cccc(F)c3)[nH]c2=O)C1. The van der Waals surface area contributed by atoms with Crippen LogP contribution in [0.2, 0.25) is 0 Å². The molecule has 1 aromatic carbocycles. The van der Waals surface area contributed by atoms with E-state index in [-0.39, 0.29) is 29.2 Å². The van der Waals surface area contributed by atoms with E-state index in [1.165, 1.54) is 25.1 Å². The largest absolute Gasteiger partial charge is 0.481 e. The van der Waals surface area contributed by atoms with E-state index in [1.807, 2.05) is 0 Å². The zero-order chi connectivity index (χ0) is 22.1. The van der Waals surface area contributed by atoms with Gasteiger partial charge in [-0.05, 0) is 38.3 Å². The molecule has 0 spiro atoms. The van der Waals surface area contributed by atoms with Crippen molar-refractivity contribution in [3.8, 4) is 5.75 Å². The first-order chi connectivity index (χ1) is 14.8. The van der Waals surface area contributed by atoms with Crippen molar-refractivity contribution in [2.24, 2.45) is 0 Å². The lowest BCUT2D eigenvalue weighted by molar-refractivity contribution is -0.139. The molecule has 1 fully saturated rings. The molecule has 3 heterocycles. The van der Waals surface area contributed by atoms with Gasteiger partial charge in [-0.1, -0.05) is 6.07 Å². The summed E-state index contributed by atoms with van der Waals surface area (Å²) in [5, 5.41) is 0. The Labute approximate surface area is 179 Å². The number of H-pyrrole nitrogens is 1. The Morgan fingerprint density at radius 1 is 1.32 bits per heavy atom. The molecule has 1 saturated heterocycles. The van der Waals surface area contributed by atoms with Crippen molar-refractivity contribution in [1.29, 1.82) is 0 Å². The van der Waals surface area contributed by atoms with Crippen molar-refractivity contribution in [1.82, 2.24) is 19.8 Å². The van der Waals surface area contributed by atoms with Crippen LogP contribution in [0.1, 0.15) is 49.8 Å². The number of likely N-dealkylation sites (tertiary alicyclic amines) is 1. The minimum atomic E-state index is -0.819. The van der Waals surface area contributed by atoms with Gasteiger partial charge < -0.3 is 19.5 Å². The molecule has 1 N–H and O–H groups in total. The van der Waals surface area contributed by atoms with E-state index in [2.05, 4.69) is 9.97 Å². The molecule has 0 radical (unpaired) electrons. The monoisotopic (exact) mass is 428 g/mol. The lowest BCUT2D eigenvalue weighted by Crippen LogP contribution is -2.42. The molecule has 2 amide bonds. The summed E-state index contributed by atoms with van der Waals surface area (Å²) >= 11 is 0. The van der Waals surface area contributed by atoms with Gasteiger partial charge in [0.1, 0.15) is 17.4 Å². The summed E-state index contributed by atoms with van der Waals surface area (Å²) < 4.78 is 19.1. The van der Waals surface area contributed by atoms with E-state index in [9.17, 15) is 18.8 Å². The van der Waals surface area contributed by atoms with Crippen molar-refractivity contribution >= 4 is 11.8 Å². The van der Waals surface area contributed by atoms with E-state index < -0.39 is 11.9 Å². The highest BCUT2D eigenvalue weighted by molar-refractivity contribution is 5.81. The highest BCUT2D eigenvalue weighted by Crippen LogP contribution is 2.31. The fourth-order valence-corrected chi connectivity index (χ4v) is 4.23. The number of hydrogen-bond donors (Lipinski definition) is 1. The van der Waals surface area contributed by atoms with Gasteiger partial charge in [0.15, 0.2) is 6.10 Å². The Hall–Kier alpha value is -3.23. The normalized spacial score (nSPS) is 19.1. The van der Waals surface area contributed by atoms with Crippen LogP contribution in [-0.4, -0.2) is 50.8 Å². The maximum atomic E-state index is 13.4. The predicted octanol–water partition coefficient (Wildman–Crippen LogP) is 1.94. The number of nitrogens with one attached hydrogen (secondary N) is 1. The number of fused-ring (bicyclic) bond motifs is 1. The molecule has 2 aromatic rings. The van der Waals surface area contributed by atoms with Crippen molar-refractivity contribution < 1.29 is 18.7 Å². The van der Waals surface area contributed by atoms with Crippen molar-refractivity contribution in [3.63, 3.8) is 0 Å². The molecule has 0 unspecified atom stereocenters. The molecule has 9 heteroatoms. The Kier molecular flexibility index (Phi) is 5.75. The molecular formula is C22H25FN4O4. The first-order valence-corrected chi connectivity index (χ1v) is 10.4. The molecule has 164 valence electrons. The predicted molar refractivity (Wildman–Crippen MR) is 110 cm³/mol. The number of aromatic amines is 1. The minimum absolute atomic E-state index is 0.0599. The molecule has 8 nitrogen and oxygen atoms in total. The number of aromatic nitrogens is 2. The molecule has 0 bridgehead atoms. The van der Waals surface area contributed by atoms with Crippen LogP contribution in [0.5, 0.6) is 5.75 Å². The third kappa shape index (κ3) is 4.30. The third-order valence-electron chi connectivity index (χ3n) is 5.85. The quantitative estimate of drug-likeness (QED) is 0.803. The first-order valence-electron chi connectivity index (χ1n) is 10.4. The van der Waals surface area contributed by atoms with E-state index in [0.29, 0.717) is 49.6 Å². The van der Waals surface area contributed by atoms with E-state index >= 15 is 0 Å². The number of halogens is 1. The number of nitrogens with zero attached hydrogens (tertiary/aromatic N) is 3. The van der Waals surface area contributed by atoms with Crippen LogP contribution in [0.3, 0.4) is 0 Å². The lowest BCUT2D eigenvalue weighted by Gasteiger charge is -2.29. The van der Waals surface area contributed by atoms with Crippen LogP contribution in [0.4, 0.5) is 4.39 Å². The summed E-state index contributed by atoms with van der Waals surface area (Å²) in [4.78, 5) is 48.3. The van der Waals surface area contributed by atoms with Gasteiger partial charge in [0, 0.05) is 31.6 Å². The summed E-state index contributed by atoms with van der Waals surface area (Å²) in [6.07, 6.45) is 1.07. The fraction of sp³-hybridized carbons (Fsp3) is 0.455. The number of carbonyl (C=O) groups is 2. The summed E-state index contributed by atoms with van der Waals surface area (Å²) in [5.41, 5.74) is 0.968. The van der Waals surface area contributed by atoms with Crippen molar-refractivity contribution in [3.05, 3.63) is 57.5 Å². The van der Waals surface area contributed by atoms with Gasteiger partial charge in [-0.3, -0.25) is 14.4 Å². The molecule has 2 aliphatic heterocycles. The van der Waals surface area contributed by atoms with E-state index in [4.69, 9.17) is 4.74 Å². The molecule has 0 saturated carbocycles. The average molecular weight is 428 g/mol. The number of carbonyl (C=O) groups excluding carboxylic acids is 2. The Balaban J connectivity index is 1.55. The zero-order valence-electron chi connectivity index (χ0n) is 17.6. The lowest BCUT2D eigenvalue weighted by atomic mass is 10.1. The topological polar surface area (TPSA) is 95.6 Å². The fourth-order valence-electron chi connectivity index (χ4n) is 4.23.